The lowest BCUT2D eigenvalue weighted by atomic mass is 10.4. The van der Waals surface area contributed by atoms with Gasteiger partial charge >= 0.3 is 0 Å². The minimum Gasteiger partial charge on any atom is -0.225 e. The first kappa shape index (κ1) is 8.31. The Labute approximate surface area is 81.5 Å². The fourth-order valence-corrected chi connectivity index (χ4v) is 1.21. The van der Waals surface area contributed by atoms with E-state index in [1.807, 2.05) is 0 Å². The number of pyridine rings is 1. The summed E-state index contributed by atoms with van der Waals surface area (Å²) in [6, 6.07) is 1.56. The SMILES string of the molecule is Fc1ncc(Br)cc1-n1nccn1. The minimum atomic E-state index is -0.598. The molecule has 0 amide bonds. The normalized spacial score (nSPS) is 10.3. The summed E-state index contributed by atoms with van der Waals surface area (Å²) in [4.78, 5) is 4.69. The predicted molar refractivity (Wildman–Crippen MR) is 46.8 cm³/mol. The number of hydrogen-bond acceptors (Lipinski definition) is 3. The molecule has 2 rings (SSSR count). The second-order valence-corrected chi connectivity index (χ2v) is 3.20. The van der Waals surface area contributed by atoms with Gasteiger partial charge in [0.2, 0.25) is 5.95 Å². The highest BCUT2D eigenvalue weighted by atomic mass is 79.9. The Morgan fingerprint density at radius 3 is 2.69 bits per heavy atom. The van der Waals surface area contributed by atoms with Crippen molar-refractivity contribution in [2.45, 2.75) is 0 Å². The van der Waals surface area contributed by atoms with Gasteiger partial charge < -0.3 is 0 Å². The van der Waals surface area contributed by atoms with Gasteiger partial charge in [-0.3, -0.25) is 0 Å². The highest BCUT2D eigenvalue weighted by Crippen LogP contribution is 2.14. The van der Waals surface area contributed by atoms with E-state index in [1.54, 1.807) is 6.07 Å². The van der Waals surface area contributed by atoms with Crippen LogP contribution in [0.25, 0.3) is 5.69 Å². The van der Waals surface area contributed by atoms with Crippen molar-refractivity contribution >= 4 is 15.9 Å². The monoisotopic (exact) mass is 242 g/mol. The van der Waals surface area contributed by atoms with Crippen molar-refractivity contribution < 1.29 is 4.39 Å². The molecule has 0 N–H and O–H groups in total. The van der Waals surface area contributed by atoms with Gasteiger partial charge in [-0.2, -0.15) is 14.6 Å². The zero-order valence-corrected chi connectivity index (χ0v) is 7.94. The second-order valence-electron chi connectivity index (χ2n) is 2.28. The van der Waals surface area contributed by atoms with E-state index in [1.165, 1.54) is 23.4 Å². The van der Waals surface area contributed by atoms with Gasteiger partial charge in [0, 0.05) is 10.7 Å². The molecule has 2 aromatic rings. The maximum absolute atomic E-state index is 13.1. The van der Waals surface area contributed by atoms with Crippen LogP contribution in [0, 0.1) is 5.95 Å². The lowest BCUT2D eigenvalue weighted by Crippen LogP contribution is -2.02. The molecule has 66 valence electrons. The third-order valence-corrected chi connectivity index (χ3v) is 1.86. The molecule has 0 fully saturated rings. The quantitative estimate of drug-likeness (QED) is 0.714. The fourth-order valence-electron chi connectivity index (χ4n) is 0.892. The summed E-state index contributed by atoms with van der Waals surface area (Å²) in [6.07, 6.45) is 4.32. The lowest BCUT2D eigenvalue weighted by molar-refractivity contribution is 0.557. The van der Waals surface area contributed by atoms with E-state index in [9.17, 15) is 4.39 Å². The van der Waals surface area contributed by atoms with Crippen LogP contribution in [0.4, 0.5) is 4.39 Å². The van der Waals surface area contributed by atoms with Crippen LogP contribution in [0.2, 0.25) is 0 Å². The van der Waals surface area contributed by atoms with E-state index in [2.05, 4.69) is 31.1 Å². The van der Waals surface area contributed by atoms with Crippen molar-refractivity contribution in [3.05, 3.63) is 35.1 Å². The van der Waals surface area contributed by atoms with Gasteiger partial charge in [-0.1, -0.05) is 0 Å². The van der Waals surface area contributed by atoms with Crippen molar-refractivity contribution in [1.29, 1.82) is 0 Å². The molecule has 2 aromatic heterocycles. The topological polar surface area (TPSA) is 43.6 Å². The molecular formula is C7H4BrFN4. The molecule has 13 heavy (non-hydrogen) atoms. The third-order valence-electron chi connectivity index (χ3n) is 1.42. The van der Waals surface area contributed by atoms with Crippen molar-refractivity contribution in [3.8, 4) is 5.69 Å². The van der Waals surface area contributed by atoms with Crippen LogP contribution in [0.1, 0.15) is 0 Å². The Morgan fingerprint density at radius 1 is 1.31 bits per heavy atom. The van der Waals surface area contributed by atoms with E-state index in [4.69, 9.17) is 0 Å². The lowest BCUT2D eigenvalue weighted by Gasteiger charge is -2.00. The third kappa shape index (κ3) is 1.57. The van der Waals surface area contributed by atoms with Crippen molar-refractivity contribution in [1.82, 2.24) is 20.0 Å². The van der Waals surface area contributed by atoms with Crippen molar-refractivity contribution in [3.63, 3.8) is 0 Å². The van der Waals surface area contributed by atoms with E-state index in [0.717, 1.165) is 0 Å². The Balaban J connectivity index is 2.57. The molecule has 0 atom stereocenters. The summed E-state index contributed by atoms with van der Waals surface area (Å²) < 4.78 is 13.8. The minimum absolute atomic E-state index is 0.222. The molecule has 0 saturated carbocycles. The van der Waals surface area contributed by atoms with Crippen LogP contribution in [0.5, 0.6) is 0 Å². The Morgan fingerprint density at radius 2 is 2.00 bits per heavy atom. The zero-order chi connectivity index (χ0) is 9.26. The maximum Gasteiger partial charge on any atom is 0.240 e. The summed E-state index contributed by atoms with van der Waals surface area (Å²) in [5.74, 6) is -0.598. The summed E-state index contributed by atoms with van der Waals surface area (Å²) in [6.45, 7) is 0. The van der Waals surface area contributed by atoms with E-state index in [0.29, 0.717) is 4.47 Å². The van der Waals surface area contributed by atoms with Gasteiger partial charge in [0.25, 0.3) is 0 Å². The molecule has 6 heteroatoms. The Bertz CT molecular complexity index is 414. The number of rotatable bonds is 1. The maximum atomic E-state index is 13.1. The molecular weight excluding hydrogens is 239 g/mol. The van der Waals surface area contributed by atoms with Gasteiger partial charge in [-0.25, -0.2) is 4.98 Å². The fraction of sp³-hybridized carbons (Fsp3) is 0. The summed E-state index contributed by atoms with van der Waals surface area (Å²) >= 11 is 3.18. The van der Waals surface area contributed by atoms with E-state index >= 15 is 0 Å². The Kier molecular flexibility index (Phi) is 2.05. The average molecular weight is 243 g/mol. The van der Waals surface area contributed by atoms with Gasteiger partial charge in [0.15, 0.2) is 0 Å². The zero-order valence-electron chi connectivity index (χ0n) is 6.35. The largest absolute Gasteiger partial charge is 0.240 e. The van der Waals surface area contributed by atoms with Gasteiger partial charge in [-0.15, -0.1) is 4.80 Å². The average Bonchev–Trinajstić information content (AvgIpc) is 2.61. The molecule has 0 bridgehead atoms. The smallest absolute Gasteiger partial charge is 0.225 e. The van der Waals surface area contributed by atoms with Crippen LogP contribution in [-0.4, -0.2) is 20.0 Å². The standard InChI is InChI=1S/C7H4BrFN4/c8-5-3-6(7(9)10-4-5)13-11-1-2-12-13/h1-4H. The molecule has 0 aliphatic heterocycles. The summed E-state index contributed by atoms with van der Waals surface area (Å²) in [5, 5.41) is 7.59. The molecule has 0 spiro atoms. The first-order valence-corrected chi connectivity index (χ1v) is 4.24. The molecule has 0 aliphatic rings. The molecule has 2 heterocycles. The van der Waals surface area contributed by atoms with Crippen LogP contribution < -0.4 is 0 Å². The van der Waals surface area contributed by atoms with Gasteiger partial charge in [-0.05, 0) is 22.0 Å². The highest BCUT2D eigenvalue weighted by molar-refractivity contribution is 9.10. The number of hydrogen-bond donors (Lipinski definition) is 0. The van der Waals surface area contributed by atoms with Crippen LogP contribution in [0.3, 0.4) is 0 Å². The van der Waals surface area contributed by atoms with Crippen LogP contribution >= 0.6 is 15.9 Å². The van der Waals surface area contributed by atoms with Gasteiger partial charge in [0.1, 0.15) is 5.69 Å². The Hall–Kier alpha value is -1.30. The number of aromatic nitrogens is 4. The van der Waals surface area contributed by atoms with Crippen molar-refractivity contribution in [2.75, 3.05) is 0 Å². The second kappa shape index (κ2) is 3.21. The van der Waals surface area contributed by atoms with E-state index in [-0.39, 0.29) is 5.69 Å². The number of halogens is 2. The molecule has 4 nitrogen and oxygen atoms in total. The van der Waals surface area contributed by atoms with Crippen molar-refractivity contribution in [2.24, 2.45) is 0 Å². The highest BCUT2D eigenvalue weighted by Gasteiger charge is 2.06. The first-order valence-electron chi connectivity index (χ1n) is 3.45. The van der Waals surface area contributed by atoms with Crippen LogP contribution in [-0.2, 0) is 0 Å². The summed E-state index contributed by atoms with van der Waals surface area (Å²) in [7, 11) is 0. The predicted octanol–water partition coefficient (Wildman–Crippen LogP) is 1.56. The molecule has 0 aliphatic carbocycles. The first-order chi connectivity index (χ1) is 6.27. The van der Waals surface area contributed by atoms with Gasteiger partial charge in [0.05, 0.1) is 12.4 Å². The molecule has 0 aromatic carbocycles. The molecule has 0 unspecified atom stereocenters. The van der Waals surface area contributed by atoms with E-state index < -0.39 is 5.95 Å². The molecule has 0 saturated heterocycles. The summed E-state index contributed by atoms with van der Waals surface area (Å²) in [5.41, 5.74) is 0.222. The number of nitrogens with zero attached hydrogens (tertiary/aromatic N) is 4. The molecule has 0 radical (unpaired) electrons. The van der Waals surface area contributed by atoms with Crippen LogP contribution in [0.15, 0.2) is 29.1 Å².